The molecule has 3 rings (SSSR count). The molecule has 0 aliphatic carbocycles. The average Bonchev–Trinajstić information content (AvgIpc) is 3.08. The van der Waals surface area contributed by atoms with E-state index >= 15 is 0 Å². The molecule has 0 amide bonds. The molecule has 21 heavy (non-hydrogen) atoms. The van der Waals surface area contributed by atoms with Gasteiger partial charge in [-0.25, -0.2) is 0 Å². The largest absolute Gasteiger partial charge is 0.468 e. The zero-order valence-electron chi connectivity index (χ0n) is 12.4. The fraction of sp³-hybridized carbons (Fsp3) is 0.412. The summed E-state index contributed by atoms with van der Waals surface area (Å²) in [6.45, 7) is 6.56. The standard InChI is InChI=1S/C17H22N2O2/c1-14(17-3-2-10-21-17)18-13-15-4-6-16(7-5-15)19-8-11-20-12-9-19/h2-7,10,14,18H,8-9,11-13H2,1H3. The van der Waals surface area contributed by atoms with Crippen molar-refractivity contribution in [3.63, 3.8) is 0 Å². The molecule has 0 bridgehead atoms. The Balaban J connectivity index is 1.54. The molecule has 2 aromatic rings. The van der Waals surface area contributed by atoms with Crippen LogP contribution in [0.15, 0.2) is 47.1 Å². The molecule has 0 radical (unpaired) electrons. The first-order chi connectivity index (χ1) is 10.3. The molecule has 1 fully saturated rings. The number of anilines is 1. The number of nitrogens with one attached hydrogen (secondary N) is 1. The summed E-state index contributed by atoms with van der Waals surface area (Å²) >= 11 is 0. The van der Waals surface area contributed by atoms with Gasteiger partial charge in [-0.3, -0.25) is 0 Å². The molecule has 112 valence electrons. The van der Waals surface area contributed by atoms with Gasteiger partial charge in [0.2, 0.25) is 0 Å². The van der Waals surface area contributed by atoms with E-state index in [2.05, 4.69) is 41.4 Å². The van der Waals surface area contributed by atoms with Gasteiger partial charge in [-0.2, -0.15) is 0 Å². The molecule has 1 unspecified atom stereocenters. The van der Waals surface area contributed by atoms with Gasteiger partial charge in [0.25, 0.3) is 0 Å². The molecule has 2 heterocycles. The van der Waals surface area contributed by atoms with Gasteiger partial charge in [0.1, 0.15) is 5.76 Å². The first-order valence-corrected chi connectivity index (χ1v) is 7.51. The highest BCUT2D eigenvalue weighted by molar-refractivity contribution is 5.47. The van der Waals surface area contributed by atoms with E-state index < -0.39 is 0 Å². The van der Waals surface area contributed by atoms with Crippen LogP contribution < -0.4 is 10.2 Å². The smallest absolute Gasteiger partial charge is 0.120 e. The Morgan fingerprint density at radius 3 is 2.57 bits per heavy atom. The number of hydrogen-bond donors (Lipinski definition) is 1. The molecule has 1 aliphatic heterocycles. The zero-order chi connectivity index (χ0) is 14.5. The topological polar surface area (TPSA) is 37.6 Å². The van der Waals surface area contributed by atoms with Crippen molar-refractivity contribution in [2.45, 2.75) is 19.5 Å². The summed E-state index contributed by atoms with van der Waals surface area (Å²) in [6, 6.07) is 12.9. The molecule has 1 aromatic carbocycles. The van der Waals surface area contributed by atoms with Crippen molar-refractivity contribution in [2.75, 3.05) is 31.2 Å². The van der Waals surface area contributed by atoms with Crippen LogP contribution in [0.25, 0.3) is 0 Å². The Morgan fingerprint density at radius 1 is 1.14 bits per heavy atom. The molecule has 1 aromatic heterocycles. The SMILES string of the molecule is CC(NCc1ccc(N2CCOCC2)cc1)c1ccco1. The fourth-order valence-corrected chi connectivity index (χ4v) is 2.56. The van der Waals surface area contributed by atoms with Crippen molar-refractivity contribution in [3.05, 3.63) is 54.0 Å². The summed E-state index contributed by atoms with van der Waals surface area (Å²) in [5.41, 5.74) is 2.56. The van der Waals surface area contributed by atoms with Gasteiger partial charge < -0.3 is 19.4 Å². The number of furan rings is 1. The lowest BCUT2D eigenvalue weighted by Gasteiger charge is -2.29. The number of ether oxygens (including phenoxy) is 1. The number of nitrogens with zero attached hydrogens (tertiary/aromatic N) is 1. The van der Waals surface area contributed by atoms with Crippen LogP contribution in [0.4, 0.5) is 5.69 Å². The van der Waals surface area contributed by atoms with Crippen LogP contribution in [-0.4, -0.2) is 26.3 Å². The van der Waals surface area contributed by atoms with Crippen molar-refractivity contribution in [2.24, 2.45) is 0 Å². The van der Waals surface area contributed by atoms with Gasteiger partial charge in [0, 0.05) is 25.3 Å². The predicted molar refractivity (Wildman–Crippen MR) is 83.4 cm³/mol. The van der Waals surface area contributed by atoms with E-state index in [9.17, 15) is 0 Å². The second kappa shape index (κ2) is 6.78. The minimum atomic E-state index is 0.221. The van der Waals surface area contributed by atoms with Gasteiger partial charge >= 0.3 is 0 Å². The first kappa shape index (κ1) is 14.2. The zero-order valence-corrected chi connectivity index (χ0v) is 12.4. The number of benzene rings is 1. The molecule has 1 atom stereocenters. The van der Waals surface area contributed by atoms with E-state index in [4.69, 9.17) is 9.15 Å². The highest BCUT2D eigenvalue weighted by Gasteiger charge is 2.11. The highest BCUT2D eigenvalue weighted by Crippen LogP contribution is 2.18. The Bertz CT molecular complexity index is 530. The van der Waals surface area contributed by atoms with Crippen LogP contribution in [0, 0.1) is 0 Å². The lowest BCUT2D eigenvalue weighted by Crippen LogP contribution is -2.36. The summed E-state index contributed by atoms with van der Waals surface area (Å²) in [6.07, 6.45) is 1.71. The molecule has 4 nitrogen and oxygen atoms in total. The summed E-state index contributed by atoms with van der Waals surface area (Å²) in [4.78, 5) is 2.37. The second-order valence-electron chi connectivity index (χ2n) is 5.38. The van der Waals surface area contributed by atoms with Gasteiger partial charge in [0.05, 0.1) is 25.5 Å². The molecule has 4 heteroatoms. The summed E-state index contributed by atoms with van der Waals surface area (Å²) in [5.74, 6) is 0.972. The maximum Gasteiger partial charge on any atom is 0.120 e. The lowest BCUT2D eigenvalue weighted by atomic mass is 10.1. The third-order valence-electron chi connectivity index (χ3n) is 3.89. The van der Waals surface area contributed by atoms with Crippen molar-refractivity contribution in [1.29, 1.82) is 0 Å². The maximum atomic E-state index is 5.40. The molecule has 1 N–H and O–H groups in total. The average molecular weight is 286 g/mol. The maximum absolute atomic E-state index is 5.40. The van der Waals surface area contributed by atoms with E-state index in [-0.39, 0.29) is 6.04 Å². The van der Waals surface area contributed by atoms with Crippen LogP contribution >= 0.6 is 0 Å². The Labute approximate surface area is 125 Å². The Kier molecular flexibility index (Phi) is 4.58. The quantitative estimate of drug-likeness (QED) is 0.917. The summed E-state index contributed by atoms with van der Waals surface area (Å²) < 4.78 is 10.8. The summed E-state index contributed by atoms with van der Waals surface area (Å²) in [5, 5.41) is 3.47. The third kappa shape index (κ3) is 3.65. The van der Waals surface area contributed by atoms with Crippen LogP contribution in [0.3, 0.4) is 0 Å². The van der Waals surface area contributed by atoms with Crippen LogP contribution in [0.5, 0.6) is 0 Å². The minimum absolute atomic E-state index is 0.221. The molecule has 1 aliphatic rings. The van der Waals surface area contributed by atoms with Crippen molar-refractivity contribution in [1.82, 2.24) is 5.32 Å². The van der Waals surface area contributed by atoms with Gasteiger partial charge in [0.15, 0.2) is 0 Å². The Morgan fingerprint density at radius 2 is 1.90 bits per heavy atom. The normalized spacial score (nSPS) is 16.9. The fourth-order valence-electron chi connectivity index (χ4n) is 2.56. The third-order valence-corrected chi connectivity index (χ3v) is 3.89. The Hall–Kier alpha value is -1.78. The van der Waals surface area contributed by atoms with E-state index in [1.807, 2.05) is 12.1 Å². The van der Waals surface area contributed by atoms with Gasteiger partial charge in [-0.05, 0) is 36.8 Å². The number of rotatable bonds is 5. The molecule has 0 saturated carbocycles. The van der Waals surface area contributed by atoms with E-state index in [1.54, 1.807) is 6.26 Å². The summed E-state index contributed by atoms with van der Waals surface area (Å²) in [7, 11) is 0. The van der Waals surface area contributed by atoms with E-state index in [0.29, 0.717) is 0 Å². The highest BCUT2D eigenvalue weighted by atomic mass is 16.5. The van der Waals surface area contributed by atoms with Crippen molar-refractivity contribution in [3.8, 4) is 0 Å². The monoisotopic (exact) mass is 286 g/mol. The van der Waals surface area contributed by atoms with Crippen molar-refractivity contribution >= 4 is 5.69 Å². The van der Waals surface area contributed by atoms with Crippen molar-refractivity contribution < 1.29 is 9.15 Å². The van der Waals surface area contributed by atoms with Gasteiger partial charge in [-0.1, -0.05) is 12.1 Å². The second-order valence-corrected chi connectivity index (χ2v) is 5.38. The molecule has 1 saturated heterocycles. The van der Waals surface area contributed by atoms with Gasteiger partial charge in [-0.15, -0.1) is 0 Å². The van der Waals surface area contributed by atoms with Crippen LogP contribution in [-0.2, 0) is 11.3 Å². The van der Waals surface area contributed by atoms with E-state index in [1.165, 1.54) is 11.3 Å². The molecular formula is C17H22N2O2. The number of hydrogen-bond acceptors (Lipinski definition) is 4. The lowest BCUT2D eigenvalue weighted by molar-refractivity contribution is 0.122. The van der Waals surface area contributed by atoms with E-state index in [0.717, 1.165) is 38.6 Å². The predicted octanol–water partition coefficient (Wildman–Crippen LogP) is 2.97. The number of morpholine rings is 1. The minimum Gasteiger partial charge on any atom is -0.468 e. The van der Waals surface area contributed by atoms with Crippen LogP contribution in [0.1, 0.15) is 24.3 Å². The molecule has 0 spiro atoms. The molecular weight excluding hydrogens is 264 g/mol. The first-order valence-electron chi connectivity index (χ1n) is 7.51. The van der Waals surface area contributed by atoms with Crippen LogP contribution in [0.2, 0.25) is 0 Å².